The fraction of sp³-hybridized carbons (Fsp3) is 0.0645. The van der Waals surface area contributed by atoms with Crippen molar-refractivity contribution in [2.45, 2.75) is 0 Å². The van der Waals surface area contributed by atoms with Gasteiger partial charge in [-0.3, -0.25) is 0 Å². The summed E-state index contributed by atoms with van der Waals surface area (Å²) in [7, 11) is 4.12. The quantitative estimate of drug-likeness (QED) is 0.285. The summed E-state index contributed by atoms with van der Waals surface area (Å²) in [6.45, 7) is 0. The number of aromatic nitrogens is 1. The van der Waals surface area contributed by atoms with Crippen molar-refractivity contribution in [2.24, 2.45) is 0 Å². The second-order valence-corrected chi connectivity index (χ2v) is 8.38. The van der Waals surface area contributed by atoms with Crippen molar-refractivity contribution < 1.29 is 0 Å². The van der Waals surface area contributed by atoms with Crippen molar-refractivity contribution in [3.8, 4) is 44.8 Å². The summed E-state index contributed by atoms with van der Waals surface area (Å²) in [5, 5.41) is 0. The molecular formula is C31H26N2. The van der Waals surface area contributed by atoms with E-state index in [4.69, 9.17) is 4.98 Å². The Kier molecular flexibility index (Phi) is 5.73. The fourth-order valence-electron chi connectivity index (χ4n) is 4.04. The van der Waals surface area contributed by atoms with Crippen LogP contribution in [0.2, 0.25) is 0 Å². The van der Waals surface area contributed by atoms with Crippen LogP contribution in [0.4, 0.5) is 5.69 Å². The Labute approximate surface area is 195 Å². The molecule has 2 heteroatoms. The summed E-state index contributed by atoms with van der Waals surface area (Å²) in [6.07, 6.45) is 0. The number of hydrogen-bond donors (Lipinski definition) is 0. The molecule has 0 aliphatic rings. The zero-order valence-corrected chi connectivity index (χ0v) is 18.9. The van der Waals surface area contributed by atoms with E-state index in [1.165, 1.54) is 22.4 Å². The Morgan fingerprint density at radius 3 is 1.58 bits per heavy atom. The minimum Gasteiger partial charge on any atom is -0.378 e. The standard InChI is InChI=1S/C31H26N2/c1-33(2)29-18-16-24(17-19-29)28-21-30(25-12-7-4-8-13-25)32-31(22-28)27-15-9-14-26(20-27)23-10-5-3-6-11-23/h3-22H,1-2H3. The Morgan fingerprint density at radius 1 is 0.424 bits per heavy atom. The van der Waals surface area contributed by atoms with E-state index in [2.05, 4.69) is 128 Å². The van der Waals surface area contributed by atoms with Gasteiger partial charge in [-0.25, -0.2) is 4.98 Å². The third kappa shape index (κ3) is 4.56. The molecule has 0 amide bonds. The van der Waals surface area contributed by atoms with Crippen LogP contribution in [0, 0.1) is 0 Å². The summed E-state index contributed by atoms with van der Waals surface area (Å²) in [5.41, 5.74) is 10.1. The molecule has 0 saturated heterocycles. The molecule has 0 fully saturated rings. The minimum atomic E-state index is 0.973. The summed E-state index contributed by atoms with van der Waals surface area (Å²) >= 11 is 0. The van der Waals surface area contributed by atoms with Crippen molar-refractivity contribution in [1.82, 2.24) is 4.98 Å². The van der Waals surface area contributed by atoms with Gasteiger partial charge in [0, 0.05) is 30.9 Å². The van der Waals surface area contributed by atoms with Crippen molar-refractivity contribution in [1.29, 1.82) is 0 Å². The van der Waals surface area contributed by atoms with Crippen LogP contribution in [0.15, 0.2) is 121 Å². The number of pyridine rings is 1. The number of anilines is 1. The Balaban J connectivity index is 1.64. The normalized spacial score (nSPS) is 10.7. The zero-order valence-electron chi connectivity index (χ0n) is 18.9. The third-order valence-corrected chi connectivity index (χ3v) is 5.88. The van der Waals surface area contributed by atoms with Crippen LogP contribution in [0.3, 0.4) is 0 Å². The maximum Gasteiger partial charge on any atom is 0.0715 e. The minimum absolute atomic E-state index is 0.973. The first-order valence-electron chi connectivity index (χ1n) is 11.2. The Hall–Kier alpha value is -4.17. The van der Waals surface area contributed by atoms with E-state index in [0.717, 1.165) is 28.1 Å². The molecule has 0 unspecified atom stereocenters. The van der Waals surface area contributed by atoms with Crippen LogP contribution in [-0.2, 0) is 0 Å². The van der Waals surface area contributed by atoms with Crippen molar-refractivity contribution in [3.05, 3.63) is 121 Å². The van der Waals surface area contributed by atoms with Gasteiger partial charge >= 0.3 is 0 Å². The van der Waals surface area contributed by atoms with Gasteiger partial charge in [0.1, 0.15) is 0 Å². The number of benzene rings is 4. The summed E-state index contributed by atoms with van der Waals surface area (Å²) in [6, 6.07) is 42.6. The molecule has 5 rings (SSSR count). The first-order chi connectivity index (χ1) is 16.2. The molecule has 0 aliphatic carbocycles. The lowest BCUT2D eigenvalue weighted by Gasteiger charge is -2.14. The average molecular weight is 427 g/mol. The highest BCUT2D eigenvalue weighted by Crippen LogP contribution is 2.32. The van der Waals surface area contributed by atoms with Gasteiger partial charge in [-0.05, 0) is 52.6 Å². The number of nitrogens with zero attached hydrogens (tertiary/aromatic N) is 2. The van der Waals surface area contributed by atoms with Gasteiger partial charge in [-0.1, -0.05) is 91.0 Å². The van der Waals surface area contributed by atoms with Gasteiger partial charge in [0.2, 0.25) is 0 Å². The van der Waals surface area contributed by atoms with E-state index in [-0.39, 0.29) is 0 Å². The summed E-state index contributed by atoms with van der Waals surface area (Å²) in [4.78, 5) is 7.19. The highest BCUT2D eigenvalue weighted by atomic mass is 15.1. The molecule has 160 valence electrons. The van der Waals surface area contributed by atoms with E-state index >= 15 is 0 Å². The topological polar surface area (TPSA) is 16.1 Å². The average Bonchev–Trinajstić information content (AvgIpc) is 2.89. The second kappa shape index (κ2) is 9.13. The lowest BCUT2D eigenvalue weighted by atomic mass is 9.97. The van der Waals surface area contributed by atoms with E-state index in [1.54, 1.807) is 0 Å². The molecule has 0 spiro atoms. The molecule has 0 aliphatic heterocycles. The Morgan fingerprint density at radius 2 is 0.939 bits per heavy atom. The maximum atomic E-state index is 5.07. The Bertz CT molecular complexity index is 1360. The zero-order chi connectivity index (χ0) is 22.6. The largest absolute Gasteiger partial charge is 0.378 e. The first kappa shape index (κ1) is 20.7. The van der Waals surface area contributed by atoms with E-state index < -0.39 is 0 Å². The van der Waals surface area contributed by atoms with Crippen molar-refractivity contribution in [3.63, 3.8) is 0 Å². The van der Waals surface area contributed by atoms with E-state index in [0.29, 0.717) is 0 Å². The molecule has 5 aromatic rings. The van der Waals surface area contributed by atoms with Gasteiger partial charge in [0.15, 0.2) is 0 Å². The molecule has 0 radical (unpaired) electrons. The number of hydrogen-bond acceptors (Lipinski definition) is 2. The van der Waals surface area contributed by atoms with Crippen LogP contribution in [0.1, 0.15) is 0 Å². The van der Waals surface area contributed by atoms with Crippen LogP contribution >= 0.6 is 0 Å². The molecule has 0 N–H and O–H groups in total. The lowest BCUT2D eigenvalue weighted by molar-refractivity contribution is 1.13. The first-order valence-corrected chi connectivity index (χ1v) is 11.2. The maximum absolute atomic E-state index is 5.07. The van der Waals surface area contributed by atoms with Crippen LogP contribution < -0.4 is 4.90 Å². The molecule has 4 aromatic carbocycles. The van der Waals surface area contributed by atoms with Crippen molar-refractivity contribution in [2.75, 3.05) is 19.0 Å². The summed E-state index contributed by atoms with van der Waals surface area (Å²) in [5.74, 6) is 0. The molecule has 2 nitrogen and oxygen atoms in total. The SMILES string of the molecule is CN(C)c1ccc(-c2cc(-c3ccccc3)nc(-c3cccc(-c4ccccc4)c3)c2)cc1. The molecule has 0 atom stereocenters. The number of rotatable bonds is 5. The van der Waals surface area contributed by atoms with E-state index in [9.17, 15) is 0 Å². The summed E-state index contributed by atoms with van der Waals surface area (Å²) < 4.78 is 0. The fourth-order valence-corrected chi connectivity index (χ4v) is 4.04. The molecule has 33 heavy (non-hydrogen) atoms. The van der Waals surface area contributed by atoms with Gasteiger partial charge in [0.25, 0.3) is 0 Å². The predicted octanol–water partition coefficient (Wildman–Crippen LogP) is 7.82. The molecule has 0 saturated carbocycles. The van der Waals surface area contributed by atoms with Gasteiger partial charge in [-0.15, -0.1) is 0 Å². The lowest BCUT2D eigenvalue weighted by Crippen LogP contribution is -2.07. The highest BCUT2D eigenvalue weighted by Gasteiger charge is 2.10. The monoisotopic (exact) mass is 426 g/mol. The third-order valence-electron chi connectivity index (χ3n) is 5.88. The van der Waals surface area contributed by atoms with Gasteiger partial charge in [-0.2, -0.15) is 0 Å². The van der Waals surface area contributed by atoms with Gasteiger partial charge < -0.3 is 4.90 Å². The highest BCUT2D eigenvalue weighted by molar-refractivity contribution is 5.79. The van der Waals surface area contributed by atoms with Crippen LogP contribution in [-0.4, -0.2) is 19.1 Å². The molecule has 1 heterocycles. The van der Waals surface area contributed by atoms with Crippen LogP contribution in [0.25, 0.3) is 44.8 Å². The predicted molar refractivity (Wildman–Crippen MR) is 140 cm³/mol. The molecule has 1 aromatic heterocycles. The second-order valence-electron chi connectivity index (χ2n) is 8.38. The smallest absolute Gasteiger partial charge is 0.0715 e. The molecular weight excluding hydrogens is 400 g/mol. The van der Waals surface area contributed by atoms with E-state index in [1.807, 2.05) is 12.1 Å². The molecule has 0 bridgehead atoms. The van der Waals surface area contributed by atoms with Crippen molar-refractivity contribution >= 4 is 5.69 Å². The van der Waals surface area contributed by atoms with Crippen LogP contribution in [0.5, 0.6) is 0 Å². The van der Waals surface area contributed by atoms with Gasteiger partial charge in [0.05, 0.1) is 11.4 Å².